The Hall–Kier alpha value is -2.50. The number of amides is 1. The van der Waals surface area contributed by atoms with Crippen LogP contribution in [0, 0.1) is 5.92 Å². The maximum absolute atomic E-state index is 12.6. The molecule has 0 saturated carbocycles. The Morgan fingerprint density at radius 3 is 2.71 bits per heavy atom. The van der Waals surface area contributed by atoms with E-state index in [1.165, 1.54) is 23.9 Å². The summed E-state index contributed by atoms with van der Waals surface area (Å²) in [6, 6.07) is 9.11. The largest absolute Gasteiger partial charge is 0.488 e. The van der Waals surface area contributed by atoms with E-state index in [0.717, 1.165) is 23.7 Å². The van der Waals surface area contributed by atoms with Crippen LogP contribution in [-0.4, -0.2) is 23.2 Å². The molecule has 0 radical (unpaired) electrons. The van der Waals surface area contributed by atoms with E-state index in [2.05, 4.69) is 22.4 Å². The average Bonchev–Trinajstić information content (AvgIpc) is 3.07. The molecular formula is C24H25Cl2N3O2. The van der Waals surface area contributed by atoms with Crippen molar-refractivity contribution in [1.82, 2.24) is 10.4 Å². The summed E-state index contributed by atoms with van der Waals surface area (Å²) in [5.74, 6) is 0.829. The molecule has 3 aromatic rings. The van der Waals surface area contributed by atoms with Crippen molar-refractivity contribution in [3.63, 3.8) is 0 Å². The van der Waals surface area contributed by atoms with Crippen LogP contribution in [-0.2, 0) is 12.8 Å². The van der Waals surface area contributed by atoms with Crippen LogP contribution in [0.25, 0.3) is 10.9 Å². The van der Waals surface area contributed by atoms with Crippen molar-refractivity contribution in [2.24, 2.45) is 11.0 Å². The van der Waals surface area contributed by atoms with Gasteiger partial charge in [0.15, 0.2) is 5.75 Å². The van der Waals surface area contributed by atoms with Crippen LogP contribution < -0.4 is 10.2 Å². The second kappa shape index (κ2) is 8.93. The Labute approximate surface area is 191 Å². The number of hydrogen-bond donors (Lipinski definition) is 2. The molecule has 0 aliphatic heterocycles. The van der Waals surface area contributed by atoms with E-state index in [4.69, 9.17) is 27.9 Å². The summed E-state index contributed by atoms with van der Waals surface area (Å²) in [5.41, 5.74) is 7.52. The number of carbonyl (C=O) groups is 1. The lowest BCUT2D eigenvalue weighted by atomic mass is 9.87. The number of benzene rings is 2. The predicted octanol–water partition coefficient (Wildman–Crippen LogP) is 6.15. The van der Waals surface area contributed by atoms with Crippen molar-refractivity contribution >= 4 is 46.2 Å². The van der Waals surface area contributed by atoms with Crippen LogP contribution in [0.4, 0.5) is 0 Å². The van der Waals surface area contributed by atoms with Gasteiger partial charge in [-0.05, 0) is 80.5 Å². The van der Waals surface area contributed by atoms with Crippen molar-refractivity contribution in [2.75, 3.05) is 0 Å². The van der Waals surface area contributed by atoms with Gasteiger partial charge in [-0.2, -0.15) is 5.10 Å². The molecule has 1 heterocycles. The first kappa shape index (κ1) is 21.7. The Bertz CT molecular complexity index is 1140. The Morgan fingerprint density at radius 1 is 1.26 bits per heavy atom. The number of nitrogens with one attached hydrogen (secondary N) is 2. The van der Waals surface area contributed by atoms with E-state index in [0.29, 0.717) is 32.8 Å². The van der Waals surface area contributed by atoms with E-state index in [1.54, 1.807) is 12.1 Å². The smallest absolute Gasteiger partial charge is 0.271 e. The molecule has 5 nitrogen and oxygen atoms in total. The molecule has 1 atom stereocenters. The number of aromatic amines is 1. The normalized spacial score (nSPS) is 16.1. The standard InChI is InChI=1S/C24H25Cl2N3O2/c1-13(2)31-23-19(25)9-15(10-20(23)26)12-27-29-24(30)16-5-7-22-18(11-16)17-8-14(3)4-6-21(17)28-22/h5,7,9-14,28H,4,6,8H2,1-3H3,(H,29,30)/b27-12-. The van der Waals surface area contributed by atoms with Gasteiger partial charge < -0.3 is 9.72 Å². The van der Waals surface area contributed by atoms with Gasteiger partial charge in [-0.3, -0.25) is 4.79 Å². The minimum atomic E-state index is -0.270. The minimum Gasteiger partial charge on any atom is -0.488 e. The molecule has 2 aromatic carbocycles. The summed E-state index contributed by atoms with van der Waals surface area (Å²) >= 11 is 12.5. The number of fused-ring (bicyclic) bond motifs is 3. The quantitative estimate of drug-likeness (QED) is 0.356. The lowest BCUT2D eigenvalue weighted by molar-refractivity contribution is 0.0955. The molecule has 7 heteroatoms. The molecule has 1 unspecified atom stereocenters. The van der Waals surface area contributed by atoms with Crippen LogP contribution in [0.15, 0.2) is 35.4 Å². The highest BCUT2D eigenvalue weighted by atomic mass is 35.5. The number of nitrogens with zero attached hydrogens (tertiary/aromatic N) is 1. The molecule has 1 aromatic heterocycles. The van der Waals surface area contributed by atoms with Crippen LogP contribution in [0.1, 0.15) is 54.4 Å². The van der Waals surface area contributed by atoms with Gasteiger partial charge in [0, 0.05) is 22.2 Å². The van der Waals surface area contributed by atoms with Gasteiger partial charge in [0.2, 0.25) is 0 Å². The van der Waals surface area contributed by atoms with Gasteiger partial charge in [0.1, 0.15) is 0 Å². The molecule has 0 spiro atoms. The second-order valence-corrected chi connectivity index (χ2v) is 9.18. The lowest BCUT2D eigenvalue weighted by Crippen LogP contribution is -2.17. The zero-order chi connectivity index (χ0) is 22.1. The Morgan fingerprint density at radius 2 is 2.00 bits per heavy atom. The van der Waals surface area contributed by atoms with Crippen LogP contribution in [0.3, 0.4) is 0 Å². The van der Waals surface area contributed by atoms with Gasteiger partial charge in [0.25, 0.3) is 5.91 Å². The summed E-state index contributed by atoms with van der Waals surface area (Å²) in [4.78, 5) is 16.1. The summed E-state index contributed by atoms with van der Waals surface area (Å²) < 4.78 is 5.63. The first-order valence-electron chi connectivity index (χ1n) is 10.4. The van der Waals surface area contributed by atoms with E-state index < -0.39 is 0 Å². The van der Waals surface area contributed by atoms with E-state index in [9.17, 15) is 4.79 Å². The van der Waals surface area contributed by atoms with E-state index in [1.807, 2.05) is 32.0 Å². The van der Waals surface area contributed by atoms with Gasteiger partial charge >= 0.3 is 0 Å². The van der Waals surface area contributed by atoms with Crippen molar-refractivity contribution in [3.8, 4) is 5.75 Å². The number of aromatic nitrogens is 1. The fourth-order valence-electron chi connectivity index (χ4n) is 3.96. The third-order valence-corrected chi connectivity index (χ3v) is 6.01. The number of carbonyl (C=O) groups excluding carboxylic acids is 1. The molecule has 31 heavy (non-hydrogen) atoms. The Kier molecular flexibility index (Phi) is 6.26. The second-order valence-electron chi connectivity index (χ2n) is 8.37. The molecule has 0 bridgehead atoms. The predicted molar refractivity (Wildman–Crippen MR) is 127 cm³/mol. The van der Waals surface area contributed by atoms with Gasteiger partial charge in [-0.25, -0.2) is 5.43 Å². The number of halogens is 2. The third-order valence-electron chi connectivity index (χ3n) is 5.45. The van der Waals surface area contributed by atoms with Crippen LogP contribution in [0.5, 0.6) is 5.75 Å². The number of hydrazone groups is 1. The number of aryl methyl sites for hydroxylation is 1. The first-order chi connectivity index (χ1) is 14.8. The van der Waals surface area contributed by atoms with Crippen molar-refractivity contribution in [3.05, 3.63) is 62.8 Å². The molecule has 1 aliphatic carbocycles. The summed E-state index contributed by atoms with van der Waals surface area (Å²) in [5, 5.41) is 5.98. The van der Waals surface area contributed by atoms with Gasteiger partial charge in [-0.1, -0.05) is 30.1 Å². The minimum absolute atomic E-state index is 0.0417. The van der Waals surface area contributed by atoms with Crippen LogP contribution in [0.2, 0.25) is 10.0 Å². The molecule has 162 valence electrons. The molecular weight excluding hydrogens is 433 g/mol. The summed E-state index contributed by atoms with van der Waals surface area (Å²) in [7, 11) is 0. The molecule has 2 N–H and O–H groups in total. The number of H-pyrrole nitrogens is 1. The van der Waals surface area contributed by atoms with Crippen molar-refractivity contribution in [1.29, 1.82) is 0 Å². The van der Waals surface area contributed by atoms with E-state index in [-0.39, 0.29) is 12.0 Å². The maximum atomic E-state index is 12.6. The maximum Gasteiger partial charge on any atom is 0.271 e. The number of ether oxygens (including phenoxy) is 1. The first-order valence-corrected chi connectivity index (χ1v) is 11.2. The highest BCUT2D eigenvalue weighted by Gasteiger charge is 2.20. The molecule has 4 rings (SSSR count). The SMILES string of the molecule is CC1CCc2[nH]c3ccc(C(=O)N/N=C\c4cc(Cl)c(OC(C)C)c(Cl)c4)cc3c2C1. The van der Waals surface area contributed by atoms with Crippen molar-refractivity contribution < 1.29 is 9.53 Å². The average molecular weight is 458 g/mol. The molecule has 0 saturated heterocycles. The Balaban J connectivity index is 1.49. The highest BCUT2D eigenvalue weighted by Crippen LogP contribution is 2.35. The fourth-order valence-corrected chi connectivity index (χ4v) is 4.56. The lowest BCUT2D eigenvalue weighted by Gasteiger charge is -2.18. The topological polar surface area (TPSA) is 66.5 Å². The molecule has 1 aliphatic rings. The van der Waals surface area contributed by atoms with Gasteiger partial charge in [-0.15, -0.1) is 0 Å². The number of hydrogen-bond acceptors (Lipinski definition) is 3. The third kappa shape index (κ3) is 4.73. The number of rotatable bonds is 5. The molecule has 0 fully saturated rings. The monoisotopic (exact) mass is 457 g/mol. The zero-order valence-corrected chi connectivity index (χ0v) is 19.3. The van der Waals surface area contributed by atoms with Gasteiger partial charge in [0.05, 0.1) is 22.4 Å². The fraction of sp³-hybridized carbons (Fsp3) is 0.333. The van der Waals surface area contributed by atoms with E-state index >= 15 is 0 Å². The zero-order valence-electron chi connectivity index (χ0n) is 17.8. The highest BCUT2D eigenvalue weighted by molar-refractivity contribution is 6.37. The molecule has 1 amide bonds. The van der Waals surface area contributed by atoms with Crippen molar-refractivity contribution in [2.45, 2.75) is 46.1 Å². The summed E-state index contributed by atoms with van der Waals surface area (Å²) in [6.07, 6.45) is 4.76. The summed E-state index contributed by atoms with van der Waals surface area (Å²) in [6.45, 7) is 6.07. The van der Waals surface area contributed by atoms with Crippen LogP contribution >= 0.6 is 23.2 Å².